The molecule has 1 atom stereocenters. The fourth-order valence-corrected chi connectivity index (χ4v) is 1.04. The maximum Gasteiger partial charge on any atom is 0.320 e. The molecule has 1 unspecified atom stereocenters. The highest BCUT2D eigenvalue weighted by atomic mass is 16.4. The lowest BCUT2D eigenvalue weighted by Crippen LogP contribution is -2.37. The van der Waals surface area contributed by atoms with Crippen LogP contribution < -0.4 is 5.32 Å². The van der Waals surface area contributed by atoms with Gasteiger partial charge in [0, 0.05) is 6.42 Å². The Morgan fingerprint density at radius 2 is 2.31 bits per heavy atom. The van der Waals surface area contributed by atoms with Crippen molar-refractivity contribution in [3.63, 3.8) is 0 Å². The summed E-state index contributed by atoms with van der Waals surface area (Å²) in [7, 11) is 0. The molecule has 0 aliphatic rings. The topological polar surface area (TPSA) is 66.4 Å². The first-order valence-electron chi connectivity index (χ1n) is 4.62. The van der Waals surface area contributed by atoms with E-state index in [9.17, 15) is 9.59 Å². The van der Waals surface area contributed by atoms with E-state index in [1.54, 1.807) is 0 Å². The third kappa shape index (κ3) is 6.28. The van der Waals surface area contributed by atoms with Gasteiger partial charge < -0.3 is 15.2 Å². The van der Waals surface area contributed by atoms with Crippen molar-refractivity contribution in [3.05, 3.63) is 0 Å². The molecule has 0 fully saturated rings. The molecule has 4 nitrogen and oxygen atoms in total. The smallest absolute Gasteiger partial charge is 0.320 e. The second-order valence-corrected chi connectivity index (χ2v) is 2.94. The van der Waals surface area contributed by atoms with Crippen LogP contribution in [0.2, 0.25) is 0 Å². The summed E-state index contributed by atoms with van der Waals surface area (Å²) in [4.78, 5) is 20.7. The number of aliphatic carboxylic acids is 1. The summed E-state index contributed by atoms with van der Waals surface area (Å²) in [5.41, 5.74) is 0. The maximum atomic E-state index is 10.6. The van der Waals surface area contributed by atoms with Crippen LogP contribution in [0, 0.1) is 0 Å². The van der Waals surface area contributed by atoms with Crippen molar-refractivity contribution in [3.8, 4) is 0 Å². The first-order chi connectivity index (χ1) is 6.22. The molecular formula is C9H17NO3. The molecule has 0 radical (unpaired) electrons. The van der Waals surface area contributed by atoms with Crippen molar-refractivity contribution >= 4 is 12.3 Å². The van der Waals surface area contributed by atoms with Gasteiger partial charge in [0.2, 0.25) is 0 Å². The van der Waals surface area contributed by atoms with Crippen LogP contribution in [0.25, 0.3) is 0 Å². The van der Waals surface area contributed by atoms with Crippen molar-refractivity contribution in [2.45, 2.75) is 38.6 Å². The maximum absolute atomic E-state index is 10.6. The molecule has 0 bridgehead atoms. The molecule has 0 aliphatic heterocycles. The van der Waals surface area contributed by atoms with Gasteiger partial charge in [-0.1, -0.05) is 6.92 Å². The van der Waals surface area contributed by atoms with Crippen LogP contribution >= 0.6 is 0 Å². The molecular weight excluding hydrogens is 170 g/mol. The molecule has 0 saturated heterocycles. The molecule has 0 spiro atoms. The van der Waals surface area contributed by atoms with Gasteiger partial charge in [0.15, 0.2) is 0 Å². The van der Waals surface area contributed by atoms with E-state index in [-0.39, 0.29) is 0 Å². The summed E-state index contributed by atoms with van der Waals surface area (Å²) in [5, 5.41) is 11.7. The van der Waals surface area contributed by atoms with Gasteiger partial charge in [0.05, 0.1) is 0 Å². The summed E-state index contributed by atoms with van der Waals surface area (Å²) < 4.78 is 0. The second kappa shape index (κ2) is 7.73. The molecule has 0 heterocycles. The Morgan fingerprint density at radius 3 is 2.77 bits per heavy atom. The average molecular weight is 187 g/mol. The van der Waals surface area contributed by atoms with Gasteiger partial charge in [0.25, 0.3) is 0 Å². The first kappa shape index (κ1) is 12.1. The number of carboxylic acid groups (broad SMARTS) is 1. The summed E-state index contributed by atoms with van der Waals surface area (Å²) >= 11 is 0. The number of unbranched alkanes of at least 4 members (excludes halogenated alkanes) is 1. The Hall–Kier alpha value is -0.900. The van der Waals surface area contributed by atoms with Crippen LogP contribution in [0.1, 0.15) is 32.6 Å². The standard InChI is InChI=1S/C9H17NO3/c1-2-6-10-8(9(12)13)5-3-4-7-11/h7-8,10H,2-6H2,1H3,(H,12,13). The minimum Gasteiger partial charge on any atom is -0.480 e. The van der Waals surface area contributed by atoms with Crippen LogP contribution in [0.4, 0.5) is 0 Å². The summed E-state index contributed by atoms with van der Waals surface area (Å²) in [6.07, 6.45) is 3.33. The largest absolute Gasteiger partial charge is 0.480 e. The van der Waals surface area contributed by atoms with E-state index < -0.39 is 12.0 Å². The molecule has 0 aromatic carbocycles. The van der Waals surface area contributed by atoms with Gasteiger partial charge in [-0.15, -0.1) is 0 Å². The number of carboxylic acids is 1. The van der Waals surface area contributed by atoms with E-state index in [0.29, 0.717) is 25.8 Å². The molecule has 4 heteroatoms. The Labute approximate surface area is 78.3 Å². The van der Waals surface area contributed by atoms with E-state index in [1.165, 1.54) is 0 Å². The number of hydrogen-bond donors (Lipinski definition) is 2. The molecule has 2 N–H and O–H groups in total. The second-order valence-electron chi connectivity index (χ2n) is 2.94. The lowest BCUT2D eigenvalue weighted by Gasteiger charge is -2.12. The summed E-state index contributed by atoms with van der Waals surface area (Å²) in [6.45, 7) is 2.69. The highest BCUT2D eigenvalue weighted by Gasteiger charge is 2.14. The highest BCUT2D eigenvalue weighted by molar-refractivity contribution is 5.73. The summed E-state index contributed by atoms with van der Waals surface area (Å²) in [5.74, 6) is -0.834. The average Bonchev–Trinajstić information content (AvgIpc) is 2.10. The minimum absolute atomic E-state index is 0.442. The molecule has 76 valence electrons. The van der Waals surface area contributed by atoms with E-state index in [2.05, 4.69) is 5.32 Å². The molecule has 0 aromatic heterocycles. The Balaban J connectivity index is 3.66. The predicted molar refractivity (Wildman–Crippen MR) is 49.6 cm³/mol. The van der Waals surface area contributed by atoms with Crippen LogP contribution in [0.3, 0.4) is 0 Å². The van der Waals surface area contributed by atoms with Gasteiger partial charge >= 0.3 is 5.97 Å². The molecule has 0 aliphatic carbocycles. The third-order valence-corrected chi connectivity index (χ3v) is 1.75. The zero-order valence-corrected chi connectivity index (χ0v) is 7.95. The van der Waals surface area contributed by atoms with E-state index in [4.69, 9.17) is 5.11 Å². The highest BCUT2D eigenvalue weighted by Crippen LogP contribution is 1.99. The Kier molecular flexibility index (Phi) is 7.20. The zero-order valence-electron chi connectivity index (χ0n) is 7.95. The lowest BCUT2D eigenvalue weighted by atomic mass is 10.1. The monoisotopic (exact) mass is 187 g/mol. The fraction of sp³-hybridized carbons (Fsp3) is 0.778. The van der Waals surface area contributed by atoms with Crippen LogP contribution in [0.5, 0.6) is 0 Å². The van der Waals surface area contributed by atoms with Gasteiger partial charge in [-0.25, -0.2) is 0 Å². The van der Waals surface area contributed by atoms with Crippen LogP contribution in [0.15, 0.2) is 0 Å². The van der Waals surface area contributed by atoms with Crippen molar-refractivity contribution in [1.82, 2.24) is 5.32 Å². The number of nitrogens with one attached hydrogen (secondary N) is 1. The summed E-state index contributed by atoms with van der Waals surface area (Å²) in [6, 6.07) is -0.500. The minimum atomic E-state index is -0.834. The van der Waals surface area contributed by atoms with Gasteiger partial charge in [-0.2, -0.15) is 0 Å². The van der Waals surface area contributed by atoms with Crippen molar-refractivity contribution in [2.24, 2.45) is 0 Å². The van der Waals surface area contributed by atoms with Crippen molar-refractivity contribution in [1.29, 1.82) is 0 Å². The molecule has 13 heavy (non-hydrogen) atoms. The molecule has 0 aromatic rings. The van der Waals surface area contributed by atoms with Gasteiger partial charge in [-0.3, -0.25) is 4.79 Å². The van der Waals surface area contributed by atoms with Gasteiger partial charge in [0.1, 0.15) is 12.3 Å². The number of hydrogen-bond acceptors (Lipinski definition) is 3. The number of rotatable bonds is 8. The molecule has 0 saturated carbocycles. The number of carbonyl (C=O) groups is 2. The molecule has 0 rings (SSSR count). The zero-order chi connectivity index (χ0) is 10.1. The van der Waals surface area contributed by atoms with Crippen molar-refractivity contribution < 1.29 is 14.7 Å². The first-order valence-corrected chi connectivity index (χ1v) is 4.62. The van der Waals surface area contributed by atoms with Crippen LogP contribution in [-0.2, 0) is 9.59 Å². The lowest BCUT2D eigenvalue weighted by molar-refractivity contribution is -0.139. The quantitative estimate of drug-likeness (QED) is 0.436. The normalized spacial score (nSPS) is 12.4. The molecule has 0 amide bonds. The number of carbonyl (C=O) groups excluding carboxylic acids is 1. The SMILES string of the molecule is CCCNC(CCCC=O)C(=O)O. The van der Waals surface area contributed by atoms with E-state index in [1.807, 2.05) is 6.92 Å². The fourth-order valence-electron chi connectivity index (χ4n) is 1.04. The van der Waals surface area contributed by atoms with E-state index >= 15 is 0 Å². The Morgan fingerprint density at radius 1 is 1.62 bits per heavy atom. The third-order valence-electron chi connectivity index (χ3n) is 1.75. The van der Waals surface area contributed by atoms with Crippen molar-refractivity contribution in [2.75, 3.05) is 6.54 Å². The predicted octanol–water partition coefficient (Wildman–Crippen LogP) is 0.808. The Bertz CT molecular complexity index is 159. The van der Waals surface area contributed by atoms with Crippen LogP contribution in [-0.4, -0.2) is 29.9 Å². The number of aldehydes is 1. The van der Waals surface area contributed by atoms with E-state index in [0.717, 1.165) is 12.7 Å². The van der Waals surface area contributed by atoms with Gasteiger partial charge in [-0.05, 0) is 25.8 Å².